The summed E-state index contributed by atoms with van der Waals surface area (Å²) in [5.41, 5.74) is -1.85. The van der Waals surface area contributed by atoms with Crippen LogP contribution in [0.2, 0.25) is 5.02 Å². The highest BCUT2D eigenvalue weighted by Crippen LogP contribution is 2.36. The lowest BCUT2D eigenvalue weighted by atomic mass is 10.1. The number of carbonyl (C=O) groups excluding carboxylic acids is 2. The first kappa shape index (κ1) is 26.9. The van der Waals surface area contributed by atoms with E-state index in [1.165, 1.54) is 28.6 Å². The van der Waals surface area contributed by atoms with Gasteiger partial charge >= 0.3 is 12.1 Å². The predicted molar refractivity (Wildman–Crippen MR) is 121 cm³/mol. The zero-order valence-electron chi connectivity index (χ0n) is 18.6. The molecule has 1 amide bonds. The minimum absolute atomic E-state index is 0.143. The third-order valence-corrected chi connectivity index (χ3v) is 7.05. The maximum atomic E-state index is 13.2. The highest BCUT2D eigenvalue weighted by atomic mass is 35.5. The molecule has 0 saturated carbocycles. The average Bonchev–Trinajstić information content (AvgIpc) is 2.77. The van der Waals surface area contributed by atoms with Crippen molar-refractivity contribution in [3.63, 3.8) is 0 Å². The van der Waals surface area contributed by atoms with Crippen LogP contribution in [-0.2, 0) is 30.5 Å². The number of hydrogen-bond donors (Lipinski definition) is 1. The number of halogens is 4. The van der Waals surface area contributed by atoms with Crippen LogP contribution in [0.15, 0.2) is 47.4 Å². The van der Waals surface area contributed by atoms with Gasteiger partial charge in [-0.2, -0.15) is 17.5 Å². The number of hydrogen-bond acceptors (Lipinski definition) is 6. The lowest BCUT2D eigenvalue weighted by Crippen LogP contribution is -2.48. The molecule has 1 saturated heterocycles. The van der Waals surface area contributed by atoms with Crippen LogP contribution < -0.4 is 5.32 Å². The van der Waals surface area contributed by atoms with E-state index in [2.05, 4.69) is 0 Å². The third kappa shape index (κ3) is 6.72. The first-order valence-electron chi connectivity index (χ1n) is 10.4. The number of ether oxygens (including phenoxy) is 2. The van der Waals surface area contributed by atoms with Gasteiger partial charge in [-0.3, -0.25) is 4.79 Å². The summed E-state index contributed by atoms with van der Waals surface area (Å²) in [6.45, 7) is 2.89. The van der Waals surface area contributed by atoms with E-state index in [9.17, 15) is 31.2 Å². The summed E-state index contributed by atoms with van der Waals surface area (Å²) in [7, 11) is -3.93. The van der Waals surface area contributed by atoms with E-state index in [1.807, 2.05) is 5.32 Å². The third-order valence-electron chi connectivity index (χ3n) is 4.99. The van der Waals surface area contributed by atoms with E-state index in [4.69, 9.17) is 21.1 Å². The molecule has 2 aromatic carbocycles. The number of benzene rings is 2. The maximum Gasteiger partial charge on any atom is 0.418 e. The number of amides is 1. The molecular formula is C22H22ClF3N2O6S. The smallest absolute Gasteiger partial charge is 0.418 e. The van der Waals surface area contributed by atoms with Gasteiger partial charge in [0.05, 0.1) is 33.9 Å². The fraction of sp³-hybridized carbons (Fsp3) is 0.364. The molecule has 0 spiro atoms. The van der Waals surface area contributed by atoms with E-state index in [-0.39, 0.29) is 40.8 Å². The number of anilines is 1. The van der Waals surface area contributed by atoms with Gasteiger partial charge in [0.15, 0.2) is 6.61 Å². The Kier molecular flexibility index (Phi) is 8.10. The Morgan fingerprint density at radius 2 is 1.80 bits per heavy atom. The van der Waals surface area contributed by atoms with Gasteiger partial charge in [0.25, 0.3) is 5.91 Å². The SMILES string of the molecule is C[C@@H]1CN(S(=O)(=O)c2cccc(C(=O)OCC(=O)Nc3ccc(Cl)cc3C(F)(F)F)c2)C[C@@H](C)O1. The predicted octanol–water partition coefficient (Wildman–Crippen LogP) is 3.95. The lowest BCUT2D eigenvalue weighted by molar-refractivity contribution is -0.137. The number of rotatable bonds is 6. The molecule has 1 aliphatic rings. The van der Waals surface area contributed by atoms with E-state index < -0.39 is 45.9 Å². The Labute approximate surface area is 205 Å². The Balaban J connectivity index is 1.68. The number of nitrogens with zero attached hydrogens (tertiary/aromatic N) is 1. The molecule has 13 heteroatoms. The van der Waals surface area contributed by atoms with Crippen LogP contribution in [0.1, 0.15) is 29.8 Å². The number of carbonyl (C=O) groups is 2. The lowest BCUT2D eigenvalue weighted by Gasteiger charge is -2.34. The fourth-order valence-corrected chi connectivity index (χ4v) is 5.33. The first-order chi connectivity index (χ1) is 16.3. The van der Waals surface area contributed by atoms with Crippen molar-refractivity contribution in [2.75, 3.05) is 25.0 Å². The van der Waals surface area contributed by atoms with Crippen molar-refractivity contribution in [2.45, 2.75) is 37.1 Å². The molecular weight excluding hydrogens is 513 g/mol. The molecule has 2 atom stereocenters. The highest BCUT2D eigenvalue weighted by Gasteiger charge is 2.35. The van der Waals surface area contributed by atoms with Gasteiger partial charge in [0, 0.05) is 18.1 Å². The van der Waals surface area contributed by atoms with E-state index in [0.717, 1.165) is 12.1 Å². The van der Waals surface area contributed by atoms with E-state index in [1.54, 1.807) is 13.8 Å². The number of morpholine rings is 1. The Morgan fingerprint density at radius 3 is 2.43 bits per heavy atom. The van der Waals surface area contributed by atoms with Gasteiger partial charge in [-0.1, -0.05) is 17.7 Å². The first-order valence-corrected chi connectivity index (χ1v) is 12.2. The second-order valence-electron chi connectivity index (χ2n) is 7.92. The number of alkyl halides is 3. The topological polar surface area (TPSA) is 102 Å². The zero-order valence-corrected chi connectivity index (χ0v) is 20.2. The largest absolute Gasteiger partial charge is 0.452 e. The summed E-state index contributed by atoms with van der Waals surface area (Å²) in [5, 5.41) is 1.86. The molecule has 0 unspecified atom stereocenters. The monoisotopic (exact) mass is 534 g/mol. The molecule has 8 nitrogen and oxygen atoms in total. The van der Waals surface area contributed by atoms with Crippen molar-refractivity contribution in [3.8, 4) is 0 Å². The molecule has 1 heterocycles. The normalized spacial score (nSPS) is 19.3. The van der Waals surface area contributed by atoms with Gasteiger partial charge in [0.1, 0.15) is 0 Å². The van der Waals surface area contributed by atoms with Crippen molar-refractivity contribution in [1.82, 2.24) is 4.31 Å². The number of esters is 1. The van der Waals surface area contributed by atoms with E-state index in [0.29, 0.717) is 6.07 Å². The molecule has 0 aliphatic carbocycles. The molecule has 1 aliphatic heterocycles. The fourth-order valence-electron chi connectivity index (χ4n) is 3.52. The number of nitrogens with one attached hydrogen (secondary N) is 1. The summed E-state index contributed by atoms with van der Waals surface area (Å²) in [6.07, 6.45) is -5.39. The minimum atomic E-state index is -4.77. The summed E-state index contributed by atoms with van der Waals surface area (Å²) in [5.74, 6) is -2.04. The Morgan fingerprint density at radius 1 is 1.14 bits per heavy atom. The standard InChI is InChI=1S/C22H22ClF3N2O6S/c1-13-10-28(11-14(2)34-13)35(31,32)17-5-3-4-15(8-17)21(30)33-12-20(29)27-19-7-6-16(23)9-18(19)22(24,25)26/h3-9,13-14H,10-12H2,1-2H3,(H,27,29)/t13-,14-/m1/s1. The van der Waals surface area contributed by atoms with Crippen molar-refractivity contribution in [3.05, 3.63) is 58.6 Å². The van der Waals surface area contributed by atoms with Gasteiger partial charge in [-0.15, -0.1) is 0 Å². The molecule has 35 heavy (non-hydrogen) atoms. The Bertz CT molecular complexity index is 1210. The average molecular weight is 535 g/mol. The molecule has 1 fully saturated rings. The van der Waals surface area contributed by atoms with Crippen LogP contribution >= 0.6 is 11.6 Å². The van der Waals surface area contributed by atoms with Crippen LogP contribution in [0.25, 0.3) is 0 Å². The van der Waals surface area contributed by atoms with Crippen molar-refractivity contribution >= 4 is 39.2 Å². The molecule has 1 N–H and O–H groups in total. The minimum Gasteiger partial charge on any atom is -0.452 e. The van der Waals surface area contributed by atoms with Gasteiger partial charge in [-0.05, 0) is 50.2 Å². The van der Waals surface area contributed by atoms with Crippen LogP contribution in [-0.4, -0.2) is 56.5 Å². The molecule has 2 aromatic rings. The van der Waals surface area contributed by atoms with Crippen LogP contribution in [0.5, 0.6) is 0 Å². The van der Waals surface area contributed by atoms with Gasteiger partial charge in [0.2, 0.25) is 10.0 Å². The summed E-state index contributed by atoms with van der Waals surface area (Å²) in [4.78, 5) is 24.4. The summed E-state index contributed by atoms with van der Waals surface area (Å²) in [6, 6.07) is 7.88. The molecule has 0 aromatic heterocycles. The van der Waals surface area contributed by atoms with E-state index >= 15 is 0 Å². The second kappa shape index (κ2) is 10.5. The molecule has 190 valence electrons. The Hall–Kier alpha value is -2.67. The quantitative estimate of drug-likeness (QED) is 0.563. The van der Waals surface area contributed by atoms with Crippen molar-refractivity contribution in [2.24, 2.45) is 0 Å². The second-order valence-corrected chi connectivity index (χ2v) is 10.3. The maximum absolute atomic E-state index is 13.2. The van der Waals surface area contributed by atoms with Crippen molar-refractivity contribution < 1.29 is 40.7 Å². The number of sulfonamides is 1. The van der Waals surface area contributed by atoms with Gasteiger partial charge < -0.3 is 14.8 Å². The van der Waals surface area contributed by atoms with Crippen molar-refractivity contribution in [1.29, 1.82) is 0 Å². The molecule has 0 bridgehead atoms. The summed E-state index contributed by atoms with van der Waals surface area (Å²) >= 11 is 5.60. The highest BCUT2D eigenvalue weighted by molar-refractivity contribution is 7.89. The summed E-state index contributed by atoms with van der Waals surface area (Å²) < 4.78 is 77.2. The van der Waals surface area contributed by atoms with Crippen LogP contribution in [0.4, 0.5) is 18.9 Å². The molecule has 0 radical (unpaired) electrons. The van der Waals surface area contributed by atoms with Crippen LogP contribution in [0, 0.1) is 0 Å². The zero-order chi connectivity index (χ0) is 26.0. The van der Waals surface area contributed by atoms with Gasteiger partial charge in [-0.25, -0.2) is 13.2 Å². The molecule has 3 rings (SSSR count). The van der Waals surface area contributed by atoms with Crippen LogP contribution in [0.3, 0.4) is 0 Å².